The number of nitrogens with one attached hydrogen (secondary N) is 2. The van der Waals surface area contributed by atoms with Gasteiger partial charge in [0.2, 0.25) is 5.88 Å². The Morgan fingerprint density at radius 2 is 2.29 bits per heavy atom. The molecule has 1 aromatic heterocycles. The van der Waals surface area contributed by atoms with Crippen LogP contribution >= 0.6 is 24.0 Å². The van der Waals surface area contributed by atoms with Gasteiger partial charge >= 0.3 is 0 Å². The van der Waals surface area contributed by atoms with E-state index in [1.54, 1.807) is 14.2 Å². The highest BCUT2D eigenvalue weighted by atomic mass is 127. The van der Waals surface area contributed by atoms with Crippen LogP contribution in [0.15, 0.2) is 23.2 Å². The summed E-state index contributed by atoms with van der Waals surface area (Å²) in [5, 5.41) is 6.49. The highest BCUT2D eigenvalue weighted by molar-refractivity contribution is 14.0. The number of aromatic nitrogens is 1. The molecule has 0 spiro atoms. The molecule has 0 aromatic carbocycles. The first-order valence-corrected chi connectivity index (χ1v) is 7.95. The fraction of sp³-hybridized carbons (Fsp3) is 0.625. The van der Waals surface area contributed by atoms with Gasteiger partial charge in [-0.05, 0) is 18.9 Å². The molecule has 24 heavy (non-hydrogen) atoms. The minimum atomic E-state index is 0. The Kier molecular flexibility index (Phi) is 10.7. The van der Waals surface area contributed by atoms with Crippen LogP contribution in [-0.4, -0.2) is 57.6 Å². The summed E-state index contributed by atoms with van der Waals surface area (Å²) in [6, 6.07) is 5.69. The van der Waals surface area contributed by atoms with Crippen LogP contribution in [0.25, 0.3) is 0 Å². The number of aliphatic imine (C=N–C) groups is 1. The van der Waals surface area contributed by atoms with Crippen LogP contribution in [0, 0.1) is 0 Å². The molecule has 1 aromatic rings. The third kappa shape index (κ3) is 7.63. The molecule has 2 heterocycles. The van der Waals surface area contributed by atoms with Crippen LogP contribution < -0.4 is 15.4 Å². The van der Waals surface area contributed by atoms with Gasteiger partial charge in [-0.2, -0.15) is 0 Å². The first-order valence-electron chi connectivity index (χ1n) is 7.95. The first-order chi connectivity index (χ1) is 11.3. The van der Waals surface area contributed by atoms with Crippen molar-refractivity contribution in [3.8, 4) is 5.88 Å². The van der Waals surface area contributed by atoms with E-state index >= 15 is 0 Å². The van der Waals surface area contributed by atoms with Crippen molar-refractivity contribution in [3.63, 3.8) is 0 Å². The molecule has 1 aliphatic heterocycles. The van der Waals surface area contributed by atoms with Crippen LogP contribution in [0.1, 0.15) is 18.5 Å². The number of hydrogen-bond acceptors (Lipinski definition) is 5. The van der Waals surface area contributed by atoms with E-state index < -0.39 is 0 Å². The van der Waals surface area contributed by atoms with Crippen molar-refractivity contribution in [2.24, 2.45) is 4.99 Å². The van der Waals surface area contributed by atoms with E-state index in [1.165, 1.54) is 0 Å². The molecule has 136 valence electrons. The Balaban J connectivity index is 0.00000288. The third-order valence-electron chi connectivity index (χ3n) is 3.51. The summed E-state index contributed by atoms with van der Waals surface area (Å²) in [4.78, 5) is 8.55. The average molecular weight is 450 g/mol. The number of guanidine groups is 1. The lowest BCUT2D eigenvalue weighted by Crippen LogP contribution is -2.37. The minimum absolute atomic E-state index is 0. The fourth-order valence-corrected chi connectivity index (χ4v) is 2.24. The molecular formula is C16H27IN4O3. The molecule has 0 saturated carbocycles. The molecule has 1 atom stereocenters. The van der Waals surface area contributed by atoms with Crippen LogP contribution in [0.5, 0.6) is 5.88 Å². The quantitative estimate of drug-likeness (QED) is 0.271. The summed E-state index contributed by atoms with van der Waals surface area (Å²) in [7, 11) is 3.36. The predicted molar refractivity (Wildman–Crippen MR) is 104 cm³/mol. The molecule has 1 saturated heterocycles. The summed E-state index contributed by atoms with van der Waals surface area (Å²) < 4.78 is 16.1. The lowest BCUT2D eigenvalue weighted by molar-refractivity contribution is 0.0420. The number of hydrogen-bond donors (Lipinski definition) is 2. The molecule has 8 heteroatoms. The van der Waals surface area contributed by atoms with Gasteiger partial charge in [-0.15, -0.1) is 24.0 Å². The Hall–Kier alpha value is -1.13. The minimum Gasteiger partial charge on any atom is -0.481 e. The van der Waals surface area contributed by atoms with Crippen molar-refractivity contribution in [1.82, 2.24) is 15.6 Å². The standard InChI is InChI=1S/C16H26N4O3.HI/c1-17-16(18-8-4-9-23-14-7-10-22-12-14)19-11-13-5-3-6-15(20-13)21-2;/h3,5-6,14H,4,7-12H2,1-2H3,(H2,17,18,19);1H. The Morgan fingerprint density at radius 1 is 1.42 bits per heavy atom. The second kappa shape index (κ2) is 12.3. The fourth-order valence-electron chi connectivity index (χ4n) is 2.24. The number of halogens is 1. The molecule has 1 unspecified atom stereocenters. The summed E-state index contributed by atoms with van der Waals surface area (Å²) in [6.07, 6.45) is 2.20. The van der Waals surface area contributed by atoms with Gasteiger partial charge in [0, 0.05) is 32.9 Å². The van der Waals surface area contributed by atoms with Crippen LogP contribution in [0.2, 0.25) is 0 Å². The molecule has 1 aliphatic rings. The summed E-state index contributed by atoms with van der Waals surface area (Å²) in [6.45, 7) is 3.67. The maximum atomic E-state index is 5.72. The van der Waals surface area contributed by atoms with Crippen molar-refractivity contribution in [2.75, 3.05) is 40.5 Å². The van der Waals surface area contributed by atoms with E-state index in [2.05, 4.69) is 20.6 Å². The highest BCUT2D eigenvalue weighted by Crippen LogP contribution is 2.08. The number of nitrogens with zero attached hydrogens (tertiary/aromatic N) is 2. The van der Waals surface area contributed by atoms with Gasteiger partial charge in [-0.1, -0.05) is 6.07 Å². The zero-order valence-electron chi connectivity index (χ0n) is 14.3. The first kappa shape index (κ1) is 20.9. The van der Waals surface area contributed by atoms with Gasteiger partial charge < -0.3 is 24.8 Å². The Bertz CT molecular complexity index is 496. The van der Waals surface area contributed by atoms with Gasteiger partial charge in [0.25, 0.3) is 0 Å². The van der Waals surface area contributed by atoms with Crippen LogP contribution in [0.3, 0.4) is 0 Å². The van der Waals surface area contributed by atoms with Gasteiger partial charge in [-0.25, -0.2) is 4.98 Å². The Morgan fingerprint density at radius 3 is 3.00 bits per heavy atom. The molecule has 1 fully saturated rings. The average Bonchev–Trinajstić information content (AvgIpc) is 3.11. The molecular weight excluding hydrogens is 423 g/mol. The molecule has 2 N–H and O–H groups in total. The SMILES string of the molecule is CN=C(NCCCOC1CCOC1)NCc1cccc(OC)n1.I. The molecule has 2 rings (SSSR count). The molecule has 7 nitrogen and oxygen atoms in total. The summed E-state index contributed by atoms with van der Waals surface area (Å²) >= 11 is 0. The molecule has 0 bridgehead atoms. The second-order valence-corrected chi connectivity index (χ2v) is 5.23. The zero-order valence-corrected chi connectivity index (χ0v) is 16.6. The van der Waals surface area contributed by atoms with Gasteiger partial charge in [-0.3, -0.25) is 4.99 Å². The van der Waals surface area contributed by atoms with Crippen molar-refractivity contribution < 1.29 is 14.2 Å². The Labute approximate surface area is 160 Å². The second-order valence-electron chi connectivity index (χ2n) is 5.23. The maximum absolute atomic E-state index is 5.72. The monoisotopic (exact) mass is 450 g/mol. The number of rotatable bonds is 8. The van der Waals surface area contributed by atoms with E-state index in [1.807, 2.05) is 18.2 Å². The van der Waals surface area contributed by atoms with Crippen molar-refractivity contribution in [1.29, 1.82) is 0 Å². The number of ether oxygens (including phenoxy) is 3. The predicted octanol–water partition coefficient (Wildman–Crippen LogP) is 1.57. The lowest BCUT2D eigenvalue weighted by atomic mass is 10.3. The maximum Gasteiger partial charge on any atom is 0.213 e. The summed E-state index contributed by atoms with van der Waals surface area (Å²) in [5.41, 5.74) is 0.900. The van der Waals surface area contributed by atoms with E-state index in [0.29, 0.717) is 12.4 Å². The van der Waals surface area contributed by atoms with E-state index in [-0.39, 0.29) is 30.1 Å². The topological polar surface area (TPSA) is 77.0 Å². The van der Waals surface area contributed by atoms with Gasteiger partial charge in [0.05, 0.1) is 32.1 Å². The van der Waals surface area contributed by atoms with E-state index in [0.717, 1.165) is 50.9 Å². The van der Waals surface area contributed by atoms with E-state index in [4.69, 9.17) is 14.2 Å². The van der Waals surface area contributed by atoms with Gasteiger partial charge in [0.15, 0.2) is 5.96 Å². The zero-order chi connectivity index (χ0) is 16.3. The van der Waals surface area contributed by atoms with Crippen molar-refractivity contribution in [3.05, 3.63) is 23.9 Å². The largest absolute Gasteiger partial charge is 0.481 e. The van der Waals surface area contributed by atoms with Crippen LogP contribution in [-0.2, 0) is 16.0 Å². The normalized spacial score (nSPS) is 17.2. The van der Waals surface area contributed by atoms with E-state index in [9.17, 15) is 0 Å². The molecule has 0 aliphatic carbocycles. The number of methoxy groups -OCH3 is 1. The lowest BCUT2D eigenvalue weighted by Gasteiger charge is -2.13. The van der Waals surface area contributed by atoms with Crippen LogP contribution in [0.4, 0.5) is 0 Å². The summed E-state index contributed by atoms with van der Waals surface area (Å²) in [5.74, 6) is 1.36. The highest BCUT2D eigenvalue weighted by Gasteiger charge is 2.15. The smallest absolute Gasteiger partial charge is 0.213 e. The molecule has 0 amide bonds. The third-order valence-corrected chi connectivity index (χ3v) is 3.51. The van der Waals surface area contributed by atoms with Crippen molar-refractivity contribution in [2.45, 2.75) is 25.5 Å². The van der Waals surface area contributed by atoms with Gasteiger partial charge in [0.1, 0.15) is 0 Å². The number of pyridine rings is 1. The van der Waals surface area contributed by atoms with Crippen molar-refractivity contribution >= 4 is 29.9 Å². The molecule has 0 radical (unpaired) electrons.